The molecule has 9 nitrogen and oxygen atoms in total. The fraction of sp³-hybridized carbons (Fsp3) is 0.323. The van der Waals surface area contributed by atoms with Crippen molar-refractivity contribution in [3.05, 3.63) is 89.5 Å². The zero-order valence-corrected chi connectivity index (χ0v) is 22.7. The standard InChI is InChI=1S/C31H34N4O5/c1-19(2)14-26(34-31(39)24-10-9-22-18-40-13-11-23(22)24)27(36)17-28(37)30(32)35-29(38)16-20-6-5-7-21(15-20)25-8-3-4-12-33-25/h3-8,11-13,15,18-19,26,30H,9-10,14,16-17,32H2,1-2H3,(H,34,39)(H,35,38)/t26-,30?/m0/s1. The third kappa shape index (κ3) is 7.39. The lowest BCUT2D eigenvalue weighted by molar-refractivity contribution is -0.133. The molecule has 1 aliphatic carbocycles. The molecular weight excluding hydrogens is 508 g/mol. The van der Waals surface area contributed by atoms with Gasteiger partial charge in [-0.05, 0) is 66.2 Å². The van der Waals surface area contributed by atoms with Crippen LogP contribution >= 0.6 is 0 Å². The maximum Gasteiger partial charge on any atom is 0.248 e. The molecule has 2 amide bonds. The summed E-state index contributed by atoms with van der Waals surface area (Å²) in [4.78, 5) is 55.9. The number of amides is 2. The predicted molar refractivity (Wildman–Crippen MR) is 150 cm³/mol. The number of carbonyl (C=O) groups excluding carboxylic acids is 4. The van der Waals surface area contributed by atoms with Crippen LogP contribution in [0.3, 0.4) is 0 Å². The van der Waals surface area contributed by atoms with Crippen LogP contribution in [0.5, 0.6) is 0 Å². The van der Waals surface area contributed by atoms with Crippen molar-refractivity contribution < 1.29 is 23.9 Å². The molecule has 1 aliphatic heterocycles. The Balaban J connectivity index is 1.33. The van der Waals surface area contributed by atoms with Gasteiger partial charge in [-0.1, -0.05) is 38.1 Å². The Bertz CT molecular complexity index is 1380. The summed E-state index contributed by atoms with van der Waals surface area (Å²) < 4.78 is 5.19. The summed E-state index contributed by atoms with van der Waals surface area (Å²) in [5, 5.41) is 5.32. The number of nitrogens with one attached hydrogen (secondary N) is 2. The van der Waals surface area contributed by atoms with Crippen LogP contribution in [-0.2, 0) is 30.3 Å². The number of nitrogens with two attached hydrogens (primary N) is 1. The zero-order valence-electron chi connectivity index (χ0n) is 22.7. The molecular formula is C31H34N4O5. The minimum Gasteiger partial charge on any atom is -0.472 e. The lowest BCUT2D eigenvalue weighted by Gasteiger charge is -2.21. The molecule has 2 aromatic rings. The van der Waals surface area contributed by atoms with Crippen molar-refractivity contribution in [3.8, 4) is 11.3 Å². The topological polar surface area (TPSA) is 140 Å². The van der Waals surface area contributed by atoms with Crippen LogP contribution < -0.4 is 16.4 Å². The second-order valence-electron chi connectivity index (χ2n) is 10.4. The molecule has 0 bridgehead atoms. The summed E-state index contributed by atoms with van der Waals surface area (Å²) in [5.74, 6) is -1.74. The minimum atomic E-state index is -1.34. The Labute approximate surface area is 233 Å². The molecule has 9 heteroatoms. The number of fused-ring (bicyclic) bond motifs is 1. The molecule has 1 unspecified atom stereocenters. The number of rotatable bonds is 12. The van der Waals surface area contributed by atoms with Crippen molar-refractivity contribution in [2.24, 2.45) is 11.7 Å². The summed E-state index contributed by atoms with van der Waals surface area (Å²) in [7, 11) is 0. The molecule has 0 spiro atoms. The van der Waals surface area contributed by atoms with Gasteiger partial charge in [0, 0.05) is 17.3 Å². The number of Topliss-reactive ketones (excluding diaryl/α,β-unsaturated/α-hetero) is 2. The highest BCUT2D eigenvalue weighted by Gasteiger charge is 2.30. The molecule has 40 heavy (non-hydrogen) atoms. The molecule has 0 fully saturated rings. The van der Waals surface area contributed by atoms with Crippen molar-refractivity contribution in [1.29, 1.82) is 0 Å². The average Bonchev–Trinajstić information content (AvgIpc) is 3.37. The van der Waals surface area contributed by atoms with Crippen molar-refractivity contribution in [3.63, 3.8) is 0 Å². The van der Waals surface area contributed by atoms with E-state index in [0.29, 0.717) is 24.8 Å². The summed E-state index contributed by atoms with van der Waals surface area (Å²) in [6.45, 7) is 3.87. The predicted octanol–water partition coefficient (Wildman–Crippen LogP) is 3.27. The lowest BCUT2D eigenvalue weighted by Crippen LogP contribution is -2.50. The van der Waals surface area contributed by atoms with E-state index in [4.69, 9.17) is 10.5 Å². The Hall–Kier alpha value is -4.37. The first kappa shape index (κ1) is 28.6. The molecule has 2 aliphatic rings. The molecule has 0 radical (unpaired) electrons. The fourth-order valence-electron chi connectivity index (χ4n) is 4.77. The average molecular weight is 543 g/mol. The Morgan fingerprint density at radius 3 is 2.60 bits per heavy atom. The van der Waals surface area contributed by atoms with Gasteiger partial charge in [0.2, 0.25) is 11.8 Å². The maximum atomic E-state index is 13.1. The van der Waals surface area contributed by atoms with Crippen molar-refractivity contribution in [2.75, 3.05) is 0 Å². The SMILES string of the molecule is CC(C)C[C@H](NC(=O)C1=C2C=COC=C2CC1)C(=O)CC(=O)C(N)NC(=O)Cc1cccc(-c2ccccn2)c1. The van der Waals surface area contributed by atoms with Gasteiger partial charge in [-0.15, -0.1) is 0 Å². The van der Waals surface area contributed by atoms with Crippen LogP contribution in [0.4, 0.5) is 0 Å². The number of benzene rings is 1. The van der Waals surface area contributed by atoms with E-state index in [0.717, 1.165) is 28.0 Å². The number of aromatic nitrogens is 1. The smallest absolute Gasteiger partial charge is 0.248 e. The first-order chi connectivity index (χ1) is 19.2. The fourth-order valence-corrected chi connectivity index (χ4v) is 4.77. The van der Waals surface area contributed by atoms with Gasteiger partial charge in [-0.3, -0.25) is 24.2 Å². The van der Waals surface area contributed by atoms with Crippen LogP contribution in [0, 0.1) is 5.92 Å². The van der Waals surface area contributed by atoms with Crippen molar-refractivity contribution in [2.45, 2.75) is 58.2 Å². The van der Waals surface area contributed by atoms with Crippen molar-refractivity contribution >= 4 is 23.4 Å². The van der Waals surface area contributed by atoms with Gasteiger partial charge in [0.1, 0.15) is 6.17 Å². The summed E-state index contributed by atoms with van der Waals surface area (Å²) >= 11 is 0. The number of ether oxygens (including phenoxy) is 1. The lowest BCUT2D eigenvalue weighted by atomic mass is 9.96. The number of hydrogen-bond donors (Lipinski definition) is 3. The second-order valence-corrected chi connectivity index (χ2v) is 10.4. The molecule has 0 saturated heterocycles. The van der Waals surface area contributed by atoms with E-state index in [1.807, 2.05) is 50.2 Å². The maximum absolute atomic E-state index is 13.1. The molecule has 4 N–H and O–H groups in total. The van der Waals surface area contributed by atoms with Crippen LogP contribution in [0.25, 0.3) is 11.3 Å². The summed E-state index contributed by atoms with van der Waals surface area (Å²) in [6, 6.07) is 12.1. The van der Waals surface area contributed by atoms with E-state index in [9.17, 15) is 19.2 Å². The molecule has 4 rings (SSSR count). The first-order valence-corrected chi connectivity index (χ1v) is 13.4. The minimum absolute atomic E-state index is 0.00893. The normalized spacial score (nSPS) is 15.6. The Morgan fingerprint density at radius 1 is 1.02 bits per heavy atom. The van der Waals surface area contributed by atoms with Gasteiger partial charge in [-0.25, -0.2) is 0 Å². The summed E-state index contributed by atoms with van der Waals surface area (Å²) in [6.07, 6.45) is 6.35. The zero-order chi connectivity index (χ0) is 28.6. The quantitative estimate of drug-likeness (QED) is 0.276. The molecule has 2 atom stereocenters. The second kappa shape index (κ2) is 13.1. The van der Waals surface area contributed by atoms with E-state index < -0.39 is 36.1 Å². The van der Waals surface area contributed by atoms with Gasteiger partial charge in [0.15, 0.2) is 11.6 Å². The Morgan fingerprint density at radius 2 is 1.85 bits per heavy atom. The largest absolute Gasteiger partial charge is 0.472 e. The first-order valence-electron chi connectivity index (χ1n) is 13.4. The Kier molecular flexibility index (Phi) is 9.39. The highest BCUT2D eigenvalue weighted by atomic mass is 16.5. The summed E-state index contributed by atoms with van der Waals surface area (Å²) in [5.41, 5.74) is 10.7. The van der Waals surface area contributed by atoms with E-state index in [2.05, 4.69) is 15.6 Å². The number of pyridine rings is 1. The van der Waals surface area contributed by atoms with Crippen molar-refractivity contribution in [1.82, 2.24) is 15.6 Å². The molecule has 208 valence electrons. The molecule has 1 aromatic carbocycles. The number of ketones is 2. The van der Waals surface area contributed by atoms with Gasteiger partial charge >= 0.3 is 0 Å². The van der Waals surface area contributed by atoms with E-state index in [1.54, 1.807) is 24.6 Å². The number of hydrogen-bond acceptors (Lipinski definition) is 7. The third-order valence-corrected chi connectivity index (χ3v) is 6.78. The van der Waals surface area contributed by atoms with Gasteiger partial charge in [0.05, 0.1) is 37.1 Å². The van der Waals surface area contributed by atoms with Gasteiger partial charge in [-0.2, -0.15) is 0 Å². The van der Waals surface area contributed by atoms with E-state index in [-0.39, 0.29) is 18.2 Å². The third-order valence-electron chi connectivity index (χ3n) is 6.78. The number of allylic oxidation sites excluding steroid dienone is 3. The molecule has 1 aromatic heterocycles. The number of carbonyl (C=O) groups is 4. The van der Waals surface area contributed by atoms with Gasteiger partial charge < -0.3 is 21.1 Å². The molecule has 0 saturated carbocycles. The molecule has 2 heterocycles. The van der Waals surface area contributed by atoms with Crippen LogP contribution in [0.1, 0.15) is 45.1 Å². The highest BCUT2D eigenvalue weighted by Crippen LogP contribution is 2.34. The van der Waals surface area contributed by atoms with E-state index in [1.165, 1.54) is 6.26 Å². The highest BCUT2D eigenvalue weighted by molar-refractivity contribution is 6.06. The van der Waals surface area contributed by atoms with Crippen LogP contribution in [-0.4, -0.2) is 40.6 Å². The van der Waals surface area contributed by atoms with E-state index >= 15 is 0 Å². The monoisotopic (exact) mass is 542 g/mol. The number of nitrogens with zero attached hydrogens (tertiary/aromatic N) is 1. The van der Waals surface area contributed by atoms with Crippen LogP contribution in [0.15, 0.2) is 84.0 Å². The van der Waals surface area contributed by atoms with Gasteiger partial charge in [0.25, 0.3) is 0 Å². The van der Waals surface area contributed by atoms with Crippen LogP contribution in [0.2, 0.25) is 0 Å².